The van der Waals surface area contributed by atoms with E-state index in [1.54, 1.807) is 12.5 Å². The summed E-state index contributed by atoms with van der Waals surface area (Å²) in [7, 11) is 3.95. The van der Waals surface area contributed by atoms with Crippen LogP contribution in [0.15, 0.2) is 39.7 Å². The number of nitrogens with zero attached hydrogens (tertiary/aromatic N) is 4. The van der Waals surface area contributed by atoms with Crippen LogP contribution in [0.1, 0.15) is 17.5 Å². The van der Waals surface area contributed by atoms with Crippen LogP contribution in [0.3, 0.4) is 0 Å². The molecule has 3 heterocycles. The summed E-state index contributed by atoms with van der Waals surface area (Å²) in [6.45, 7) is 4.34. The van der Waals surface area contributed by atoms with E-state index < -0.39 is 0 Å². The second-order valence-electron chi connectivity index (χ2n) is 6.43. The number of rotatable bonds is 6. The second kappa shape index (κ2) is 8.17. The molecule has 1 saturated heterocycles. The molecule has 1 fully saturated rings. The van der Waals surface area contributed by atoms with Gasteiger partial charge in [0.1, 0.15) is 12.0 Å². The molecular formula is C17H25N5O3. The van der Waals surface area contributed by atoms with Gasteiger partial charge in [0.25, 0.3) is 0 Å². The maximum atomic E-state index is 12.4. The molecule has 8 nitrogen and oxygen atoms in total. The summed E-state index contributed by atoms with van der Waals surface area (Å²) in [5.74, 6) is 0.850. The normalized spacial score (nSPS) is 17.0. The Labute approximate surface area is 147 Å². The lowest BCUT2D eigenvalue weighted by atomic mass is 10.2. The van der Waals surface area contributed by atoms with Crippen molar-refractivity contribution in [3.63, 3.8) is 0 Å². The van der Waals surface area contributed by atoms with Crippen molar-refractivity contribution in [1.29, 1.82) is 0 Å². The minimum absolute atomic E-state index is 0.0207. The van der Waals surface area contributed by atoms with Crippen LogP contribution in [0.2, 0.25) is 0 Å². The molecule has 0 unspecified atom stereocenters. The molecule has 2 aromatic heterocycles. The number of furan rings is 1. The number of aromatic nitrogens is 1. The molecule has 2 aromatic rings. The molecule has 1 atom stereocenters. The van der Waals surface area contributed by atoms with Crippen LogP contribution in [0.25, 0.3) is 0 Å². The fourth-order valence-electron chi connectivity index (χ4n) is 2.97. The first kappa shape index (κ1) is 17.5. The van der Waals surface area contributed by atoms with Crippen LogP contribution in [-0.2, 0) is 6.54 Å². The Kier molecular flexibility index (Phi) is 5.72. The highest BCUT2D eigenvalue weighted by molar-refractivity contribution is 5.74. The third kappa shape index (κ3) is 4.61. The van der Waals surface area contributed by atoms with Crippen LogP contribution in [0.5, 0.6) is 0 Å². The van der Waals surface area contributed by atoms with Crippen molar-refractivity contribution < 1.29 is 13.7 Å². The molecule has 1 N–H and O–H groups in total. The number of likely N-dealkylation sites (N-methyl/N-ethyl adjacent to an activating group) is 1. The Morgan fingerprint density at radius 3 is 2.68 bits per heavy atom. The third-order valence-corrected chi connectivity index (χ3v) is 4.48. The van der Waals surface area contributed by atoms with Gasteiger partial charge < -0.3 is 19.2 Å². The van der Waals surface area contributed by atoms with E-state index in [4.69, 9.17) is 8.94 Å². The van der Waals surface area contributed by atoms with Gasteiger partial charge in [0.2, 0.25) is 0 Å². The van der Waals surface area contributed by atoms with Gasteiger partial charge >= 0.3 is 6.03 Å². The van der Waals surface area contributed by atoms with Crippen LogP contribution in [0.4, 0.5) is 4.79 Å². The molecular weight excluding hydrogens is 322 g/mol. The van der Waals surface area contributed by atoms with Crippen molar-refractivity contribution in [1.82, 2.24) is 25.2 Å². The zero-order valence-electron chi connectivity index (χ0n) is 14.7. The Bertz CT molecular complexity index is 633. The molecule has 1 aliphatic heterocycles. The van der Waals surface area contributed by atoms with Crippen molar-refractivity contribution in [3.8, 4) is 0 Å². The number of urea groups is 1. The van der Waals surface area contributed by atoms with Crippen LogP contribution < -0.4 is 5.32 Å². The lowest BCUT2D eigenvalue weighted by molar-refractivity contribution is 0.131. The lowest BCUT2D eigenvalue weighted by Crippen LogP contribution is -2.52. The fraction of sp³-hybridized carbons (Fsp3) is 0.529. The van der Waals surface area contributed by atoms with Gasteiger partial charge in [-0.2, -0.15) is 0 Å². The number of carbonyl (C=O) groups excluding carboxylic acids is 1. The summed E-state index contributed by atoms with van der Waals surface area (Å²) in [4.78, 5) is 18.6. The van der Waals surface area contributed by atoms with E-state index in [2.05, 4.69) is 15.4 Å². The maximum Gasteiger partial charge on any atom is 0.317 e. The molecule has 1 aliphatic rings. The molecule has 3 rings (SSSR count). The summed E-state index contributed by atoms with van der Waals surface area (Å²) in [5.41, 5.74) is 0.921. The Morgan fingerprint density at radius 2 is 2.08 bits per heavy atom. The van der Waals surface area contributed by atoms with Crippen molar-refractivity contribution >= 4 is 6.03 Å². The van der Waals surface area contributed by atoms with Gasteiger partial charge in [-0.25, -0.2) is 4.79 Å². The molecule has 0 aromatic carbocycles. The molecule has 0 spiro atoms. The van der Waals surface area contributed by atoms with Crippen LogP contribution in [-0.4, -0.2) is 72.7 Å². The van der Waals surface area contributed by atoms with Gasteiger partial charge in [0, 0.05) is 45.3 Å². The first-order chi connectivity index (χ1) is 12.1. The monoisotopic (exact) mass is 347 g/mol. The fourth-order valence-corrected chi connectivity index (χ4v) is 2.97. The molecule has 0 bridgehead atoms. The van der Waals surface area contributed by atoms with Crippen molar-refractivity contribution in [2.45, 2.75) is 12.6 Å². The van der Waals surface area contributed by atoms with Gasteiger partial charge in [-0.3, -0.25) is 9.80 Å². The molecule has 136 valence electrons. The van der Waals surface area contributed by atoms with E-state index in [1.165, 1.54) is 0 Å². The van der Waals surface area contributed by atoms with Gasteiger partial charge in [0.15, 0.2) is 0 Å². The van der Waals surface area contributed by atoms with Crippen molar-refractivity contribution in [3.05, 3.63) is 42.2 Å². The number of carbonyl (C=O) groups is 1. The van der Waals surface area contributed by atoms with Crippen molar-refractivity contribution in [2.24, 2.45) is 0 Å². The summed E-state index contributed by atoms with van der Waals surface area (Å²) >= 11 is 0. The minimum atomic E-state index is -0.0282. The van der Waals surface area contributed by atoms with E-state index in [9.17, 15) is 4.79 Å². The summed E-state index contributed by atoms with van der Waals surface area (Å²) in [5, 5.41) is 6.95. The van der Waals surface area contributed by atoms with E-state index >= 15 is 0 Å². The van der Waals surface area contributed by atoms with Crippen LogP contribution >= 0.6 is 0 Å². The molecule has 8 heteroatoms. The minimum Gasteiger partial charge on any atom is -0.468 e. The highest BCUT2D eigenvalue weighted by atomic mass is 16.5. The highest BCUT2D eigenvalue weighted by Gasteiger charge is 2.23. The number of hydrogen-bond donors (Lipinski definition) is 1. The SMILES string of the molecule is CN(C)[C@@H](CNC(=O)N1CCN(Cc2ccon2)CC1)c1ccco1. The smallest absolute Gasteiger partial charge is 0.317 e. The first-order valence-electron chi connectivity index (χ1n) is 8.47. The van der Waals surface area contributed by atoms with Gasteiger partial charge in [0.05, 0.1) is 18.0 Å². The molecule has 0 aliphatic carbocycles. The Morgan fingerprint density at radius 1 is 1.28 bits per heavy atom. The number of piperazine rings is 1. The first-order valence-corrected chi connectivity index (χ1v) is 8.47. The van der Waals surface area contributed by atoms with E-state index in [0.717, 1.165) is 31.1 Å². The third-order valence-electron chi connectivity index (χ3n) is 4.48. The quantitative estimate of drug-likeness (QED) is 0.851. The Hall–Kier alpha value is -2.32. The predicted octanol–water partition coefficient (Wildman–Crippen LogP) is 1.40. The largest absolute Gasteiger partial charge is 0.468 e. The van der Waals surface area contributed by atoms with E-state index in [-0.39, 0.29) is 12.1 Å². The summed E-state index contributed by atoms with van der Waals surface area (Å²) < 4.78 is 10.3. The number of amides is 2. The average molecular weight is 347 g/mol. The molecule has 25 heavy (non-hydrogen) atoms. The van der Waals surface area contributed by atoms with Crippen LogP contribution in [0, 0.1) is 0 Å². The van der Waals surface area contributed by atoms with E-state index in [1.807, 2.05) is 42.1 Å². The maximum absolute atomic E-state index is 12.4. The van der Waals surface area contributed by atoms with Crippen molar-refractivity contribution in [2.75, 3.05) is 46.8 Å². The zero-order chi connectivity index (χ0) is 17.6. The second-order valence-corrected chi connectivity index (χ2v) is 6.43. The highest BCUT2D eigenvalue weighted by Crippen LogP contribution is 2.17. The molecule has 0 saturated carbocycles. The summed E-state index contributed by atoms with van der Waals surface area (Å²) in [6, 6.07) is 5.66. The molecule has 2 amide bonds. The van der Waals surface area contributed by atoms with Gasteiger partial charge in [-0.05, 0) is 26.2 Å². The van der Waals surface area contributed by atoms with Gasteiger partial charge in [-0.15, -0.1) is 0 Å². The lowest BCUT2D eigenvalue weighted by Gasteiger charge is -2.34. The number of nitrogens with one attached hydrogen (secondary N) is 1. The summed E-state index contributed by atoms with van der Waals surface area (Å²) in [6.07, 6.45) is 3.24. The number of hydrogen-bond acceptors (Lipinski definition) is 6. The standard InChI is InChI=1S/C17H25N5O3/c1-20(2)15(16-4-3-10-24-16)12-18-17(23)22-8-6-21(7-9-22)13-14-5-11-25-19-14/h3-5,10-11,15H,6-9,12-13H2,1-2H3,(H,18,23)/t15-/m0/s1. The van der Waals surface area contributed by atoms with E-state index in [0.29, 0.717) is 19.6 Å². The predicted molar refractivity (Wildman–Crippen MR) is 91.9 cm³/mol. The zero-order valence-corrected chi connectivity index (χ0v) is 14.7. The van der Waals surface area contributed by atoms with Gasteiger partial charge in [-0.1, -0.05) is 5.16 Å². The Balaban J connectivity index is 1.44. The average Bonchev–Trinajstić information content (AvgIpc) is 3.29. The molecule has 0 radical (unpaired) electrons. The topological polar surface area (TPSA) is 78.0 Å².